The quantitative estimate of drug-likeness (QED) is 0.110. The molecule has 0 aliphatic carbocycles. The van der Waals surface area contributed by atoms with Crippen molar-refractivity contribution in [3.63, 3.8) is 0 Å². The number of hydrogen-bond donors (Lipinski definition) is 1. The maximum absolute atomic E-state index is 12.5. The van der Waals surface area contributed by atoms with E-state index < -0.39 is 10.9 Å². The van der Waals surface area contributed by atoms with E-state index in [0.717, 1.165) is 11.1 Å². The fourth-order valence-electron chi connectivity index (χ4n) is 2.54. The van der Waals surface area contributed by atoms with E-state index in [-0.39, 0.29) is 34.4 Å². The molecule has 0 radical (unpaired) electrons. The number of benzene rings is 2. The largest absolute Gasteiger partial charge is 0.490 e. The first-order valence-electron chi connectivity index (χ1n) is 9.84. The molecule has 1 aromatic heterocycles. The molecule has 176 valence electrons. The van der Waals surface area contributed by atoms with Gasteiger partial charge in [-0.2, -0.15) is 5.10 Å². The molecule has 1 heterocycles. The second-order valence-corrected chi connectivity index (χ2v) is 8.91. The highest BCUT2D eigenvalue weighted by atomic mass is 32.2. The van der Waals surface area contributed by atoms with Crippen molar-refractivity contribution in [2.24, 2.45) is 5.10 Å². The lowest BCUT2D eigenvalue weighted by molar-refractivity contribution is -0.384. The number of nitro benzene ring substituents is 1. The Kier molecular flexibility index (Phi) is 8.65. The van der Waals surface area contributed by atoms with Gasteiger partial charge in [0.25, 0.3) is 11.6 Å². The first kappa shape index (κ1) is 24.8. The van der Waals surface area contributed by atoms with E-state index in [9.17, 15) is 19.7 Å². The molecule has 0 fully saturated rings. The second kappa shape index (κ2) is 11.9. The number of nitrogens with zero attached hydrogens (tertiary/aromatic N) is 4. The Hall–Kier alpha value is -3.84. The molecule has 0 spiro atoms. The Balaban J connectivity index is 1.62. The highest BCUT2D eigenvalue weighted by molar-refractivity contribution is 8.01. The Morgan fingerprint density at radius 1 is 1.24 bits per heavy atom. The van der Waals surface area contributed by atoms with Crippen LogP contribution in [-0.4, -0.2) is 45.6 Å². The number of nitrogens with one attached hydrogen (secondary N) is 1. The summed E-state index contributed by atoms with van der Waals surface area (Å²) in [6.45, 7) is 3.91. The molecule has 0 saturated carbocycles. The smallest absolute Gasteiger partial charge is 0.343 e. The summed E-state index contributed by atoms with van der Waals surface area (Å²) in [5.74, 6) is -0.506. The van der Waals surface area contributed by atoms with Gasteiger partial charge in [0.05, 0.1) is 29.1 Å². The number of hydrazone groups is 1. The van der Waals surface area contributed by atoms with Gasteiger partial charge in [-0.3, -0.25) is 14.9 Å². The Morgan fingerprint density at radius 3 is 2.76 bits per heavy atom. The summed E-state index contributed by atoms with van der Waals surface area (Å²) in [5.41, 5.74) is 2.83. The number of hydrogen-bond acceptors (Lipinski definition) is 11. The molecule has 1 N–H and O–H groups in total. The molecule has 0 saturated heterocycles. The van der Waals surface area contributed by atoms with E-state index in [1.807, 2.05) is 6.92 Å². The average Bonchev–Trinajstić information content (AvgIpc) is 3.24. The summed E-state index contributed by atoms with van der Waals surface area (Å²) in [7, 11) is 0. The van der Waals surface area contributed by atoms with Crippen LogP contribution >= 0.6 is 23.1 Å². The zero-order valence-corrected chi connectivity index (χ0v) is 19.7. The van der Waals surface area contributed by atoms with Crippen LogP contribution in [0.25, 0.3) is 0 Å². The van der Waals surface area contributed by atoms with Crippen LogP contribution in [0.5, 0.6) is 11.5 Å². The summed E-state index contributed by atoms with van der Waals surface area (Å²) in [5, 5.41) is 23.5. The van der Waals surface area contributed by atoms with Crippen LogP contribution in [-0.2, 0) is 4.79 Å². The summed E-state index contributed by atoms with van der Waals surface area (Å²) in [6, 6.07) is 9.96. The molecule has 3 rings (SSSR count). The Morgan fingerprint density at radius 2 is 2.06 bits per heavy atom. The number of carbonyl (C=O) groups is 2. The van der Waals surface area contributed by atoms with Gasteiger partial charge in [-0.05, 0) is 43.7 Å². The van der Waals surface area contributed by atoms with Gasteiger partial charge < -0.3 is 9.47 Å². The van der Waals surface area contributed by atoms with Crippen LogP contribution < -0.4 is 14.9 Å². The van der Waals surface area contributed by atoms with Crippen LogP contribution in [0.2, 0.25) is 0 Å². The Bertz CT molecular complexity index is 1230. The van der Waals surface area contributed by atoms with Crippen LogP contribution in [0.4, 0.5) is 5.69 Å². The van der Waals surface area contributed by atoms with Crippen molar-refractivity contribution in [1.29, 1.82) is 0 Å². The van der Waals surface area contributed by atoms with Crippen molar-refractivity contribution in [2.75, 3.05) is 12.4 Å². The number of carbonyl (C=O) groups excluding carboxylic acids is 2. The molecule has 34 heavy (non-hydrogen) atoms. The lowest BCUT2D eigenvalue weighted by Gasteiger charge is -2.11. The number of rotatable bonds is 10. The predicted octanol–water partition coefficient (Wildman–Crippen LogP) is 3.62. The fourth-order valence-corrected chi connectivity index (χ4v) is 4.15. The lowest BCUT2D eigenvalue weighted by Crippen LogP contribution is -2.19. The van der Waals surface area contributed by atoms with Crippen molar-refractivity contribution in [3.8, 4) is 11.5 Å². The number of ether oxygens (including phenoxy) is 2. The van der Waals surface area contributed by atoms with E-state index in [1.54, 1.807) is 19.1 Å². The number of thioether (sulfide) groups is 1. The van der Waals surface area contributed by atoms with Crippen LogP contribution in [0.3, 0.4) is 0 Å². The van der Waals surface area contributed by atoms with Gasteiger partial charge in [0, 0.05) is 12.1 Å². The monoisotopic (exact) mass is 501 g/mol. The number of aryl methyl sites for hydroxylation is 1. The molecule has 11 nitrogen and oxygen atoms in total. The molecule has 1 amide bonds. The number of aromatic nitrogens is 2. The highest BCUT2D eigenvalue weighted by Crippen LogP contribution is 2.29. The maximum atomic E-state index is 12.5. The third kappa shape index (κ3) is 7.08. The molecule has 3 aromatic rings. The first-order valence-corrected chi connectivity index (χ1v) is 11.6. The van der Waals surface area contributed by atoms with E-state index in [0.29, 0.717) is 16.5 Å². The van der Waals surface area contributed by atoms with Gasteiger partial charge in [-0.1, -0.05) is 29.2 Å². The normalized spacial score (nSPS) is 10.8. The van der Waals surface area contributed by atoms with E-state index in [2.05, 4.69) is 20.7 Å². The first-order chi connectivity index (χ1) is 16.4. The summed E-state index contributed by atoms with van der Waals surface area (Å²) in [4.78, 5) is 34.7. The SMILES string of the molecule is CCOc1cc(/C=N/NC(=O)CSc2nnc(C)s2)ccc1OC(=O)c1cccc([N+](=O)[O-])c1. The summed E-state index contributed by atoms with van der Waals surface area (Å²) >= 11 is 2.67. The summed E-state index contributed by atoms with van der Waals surface area (Å²) in [6.07, 6.45) is 1.42. The minimum absolute atomic E-state index is 0.0339. The van der Waals surface area contributed by atoms with Gasteiger partial charge in [0.1, 0.15) is 5.01 Å². The molecule has 0 aliphatic heterocycles. The number of nitro groups is 1. The maximum Gasteiger partial charge on any atom is 0.343 e. The molecule has 0 atom stereocenters. The lowest BCUT2D eigenvalue weighted by atomic mass is 10.2. The highest BCUT2D eigenvalue weighted by Gasteiger charge is 2.16. The van der Waals surface area contributed by atoms with Gasteiger partial charge in [-0.15, -0.1) is 10.2 Å². The number of non-ortho nitro benzene ring substituents is 1. The third-order valence-corrected chi connectivity index (χ3v) is 5.97. The Labute approximate surface area is 202 Å². The minimum Gasteiger partial charge on any atom is -0.490 e. The minimum atomic E-state index is -0.763. The third-order valence-electron chi connectivity index (χ3n) is 4.00. The van der Waals surface area contributed by atoms with Gasteiger partial charge in [0.15, 0.2) is 15.8 Å². The molecule has 0 bridgehead atoms. The summed E-state index contributed by atoms with van der Waals surface area (Å²) < 4.78 is 11.6. The van der Waals surface area contributed by atoms with Crippen molar-refractivity contribution in [3.05, 3.63) is 68.7 Å². The van der Waals surface area contributed by atoms with Crippen LogP contribution in [0.1, 0.15) is 27.9 Å². The van der Waals surface area contributed by atoms with Crippen LogP contribution in [0, 0.1) is 17.0 Å². The van der Waals surface area contributed by atoms with E-state index >= 15 is 0 Å². The number of amides is 1. The van der Waals surface area contributed by atoms with Crippen molar-refractivity contribution in [1.82, 2.24) is 15.6 Å². The number of esters is 1. The second-order valence-electron chi connectivity index (χ2n) is 6.50. The predicted molar refractivity (Wildman–Crippen MR) is 127 cm³/mol. The molecule has 0 aliphatic rings. The van der Waals surface area contributed by atoms with Crippen molar-refractivity contribution in [2.45, 2.75) is 18.2 Å². The van der Waals surface area contributed by atoms with E-state index in [1.165, 1.54) is 53.6 Å². The van der Waals surface area contributed by atoms with Crippen molar-refractivity contribution < 1.29 is 24.0 Å². The van der Waals surface area contributed by atoms with Crippen LogP contribution in [0.15, 0.2) is 51.9 Å². The average molecular weight is 502 g/mol. The zero-order valence-electron chi connectivity index (χ0n) is 18.1. The molecular formula is C21H19N5O6S2. The molecule has 2 aromatic carbocycles. The molecule has 13 heteroatoms. The van der Waals surface area contributed by atoms with Gasteiger partial charge >= 0.3 is 5.97 Å². The topological polar surface area (TPSA) is 146 Å². The van der Waals surface area contributed by atoms with Gasteiger partial charge in [-0.25, -0.2) is 10.2 Å². The zero-order chi connectivity index (χ0) is 24.5. The van der Waals surface area contributed by atoms with E-state index in [4.69, 9.17) is 9.47 Å². The van der Waals surface area contributed by atoms with Gasteiger partial charge in [0.2, 0.25) is 0 Å². The molecular weight excluding hydrogens is 482 g/mol. The molecule has 0 unspecified atom stereocenters. The standard InChI is InChI=1S/C21H19N5O6S2/c1-3-31-18-9-14(11-22-24-19(27)12-33-21-25-23-13(2)34-21)7-8-17(18)32-20(28)15-5-4-6-16(10-15)26(29)30/h4-11H,3,12H2,1-2H3,(H,24,27)/b22-11+. The fraction of sp³-hybridized carbons (Fsp3) is 0.190. The van der Waals surface area contributed by atoms with Crippen molar-refractivity contribution >= 4 is 46.9 Å².